The van der Waals surface area contributed by atoms with Crippen LogP contribution in [0.15, 0.2) is 0 Å². The number of hydrogen-bond donors (Lipinski definition) is 1. The van der Waals surface area contributed by atoms with E-state index in [1.807, 2.05) is 20.8 Å². The van der Waals surface area contributed by atoms with Crippen LogP contribution in [-0.4, -0.2) is 24.2 Å². The predicted octanol–water partition coefficient (Wildman–Crippen LogP) is 2.74. The van der Waals surface area contributed by atoms with E-state index >= 15 is 0 Å². The first-order chi connectivity index (χ1) is 7.83. The van der Waals surface area contributed by atoms with Crippen LogP contribution >= 0.6 is 0 Å². The van der Waals surface area contributed by atoms with Gasteiger partial charge in [0.1, 0.15) is 5.60 Å². The lowest BCUT2D eigenvalue weighted by Gasteiger charge is -2.23. The van der Waals surface area contributed by atoms with Gasteiger partial charge in [0.15, 0.2) is 0 Å². The summed E-state index contributed by atoms with van der Waals surface area (Å²) in [5, 5.41) is 3.34. The van der Waals surface area contributed by atoms with Crippen molar-refractivity contribution < 1.29 is 9.53 Å². The molecule has 0 aromatic rings. The van der Waals surface area contributed by atoms with Gasteiger partial charge >= 0.3 is 5.97 Å². The average molecular weight is 241 g/mol. The molecule has 1 saturated carbocycles. The van der Waals surface area contributed by atoms with Gasteiger partial charge in [0.2, 0.25) is 0 Å². The van der Waals surface area contributed by atoms with Crippen molar-refractivity contribution in [1.82, 2.24) is 5.32 Å². The fourth-order valence-electron chi connectivity index (χ4n) is 2.70. The van der Waals surface area contributed by atoms with Gasteiger partial charge in [-0.15, -0.1) is 0 Å². The minimum Gasteiger partial charge on any atom is -0.459 e. The standard InChI is InChI=1S/C14H27NO2/c1-6-11-7-8-12(10(11)2)15-9-13(16)17-14(3,4)5/h10-12,15H,6-9H2,1-5H3. The molecule has 3 unspecified atom stereocenters. The fourth-order valence-corrected chi connectivity index (χ4v) is 2.70. The lowest BCUT2D eigenvalue weighted by Crippen LogP contribution is -2.39. The third-order valence-electron chi connectivity index (χ3n) is 3.68. The summed E-state index contributed by atoms with van der Waals surface area (Å²) >= 11 is 0. The van der Waals surface area contributed by atoms with Crippen LogP contribution in [0.2, 0.25) is 0 Å². The molecule has 0 saturated heterocycles. The Balaban J connectivity index is 2.30. The summed E-state index contributed by atoms with van der Waals surface area (Å²) in [6.45, 7) is 10.6. The van der Waals surface area contributed by atoms with Gasteiger partial charge in [-0.25, -0.2) is 0 Å². The molecule has 0 radical (unpaired) electrons. The molecule has 1 aliphatic rings. The molecule has 0 aromatic carbocycles. The molecular formula is C14H27NO2. The third kappa shape index (κ3) is 4.66. The molecule has 0 aromatic heterocycles. The van der Waals surface area contributed by atoms with E-state index in [1.165, 1.54) is 19.3 Å². The van der Waals surface area contributed by atoms with Crippen molar-refractivity contribution in [2.24, 2.45) is 11.8 Å². The number of hydrogen-bond acceptors (Lipinski definition) is 3. The summed E-state index contributed by atoms with van der Waals surface area (Å²) < 4.78 is 5.28. The van der Waals surface area contributed by atoms with Crippen molar-refractivity contribution in [3.05, 3.63) is 0 Å². The number of rotatable bonds is 4. The molecule has 0 spiro atoms. The van der Waals surface area contributed by atoms with Crippen LogP contribution in [0.1, 0.15) is 53.9 Å². The number of nitrogens with one attached hydrogen (secondary N) is 1. The number of carbonyl (C=O) groups excluding carboxylic acids is 1. The summed E-state index contributed by atoms with van der Waals surface area (Å²) in [6.07, 6.45) is 3.71. The van der Waals surface area contributed by atoms with Gasteiger partial charge in [-0.2, -0.15) is 0 Å². The highest BCUT2D eigenvalue weighted by atomic mass is 16.6. The van der Waals surface area contributed by atoms with E-state index < -0.39 is 0 Å². The molecule has 3 atom stereocenters. The minimum atomic E-state index is -0.383. The molecule has 0 aliphatic heterocycles. The van der Waals surface area contributed by atoms with Crippen LogP contribution in [0.4, 0.5) is 0 Å². The molecule has 0 bridgehead atoms. The van der Waals surface area contributed by atoms with Crippen molar-refractivity contribution in [3.8, 4) is 0 Å². The Kier molecular flexibility index (Phi) is 4.99. The van der Waals surface area contributed by atoms with Gasteiger partial charge in [0.05, 0.1) is 6.54 Å². The highest BCUT2D eigenvalue weighted by molar-refractivity contribution is 5.72. The van der Waals surface area contributed by atoms with Gasteiger partial charge in [-0.1, -0.05) is 20.3 Å². The Hall–Kier alpha value is -0.570. The predicted molar refractivity (Wildman–Crippen MR) is 69.8 cm³/mol. The minimum absolute atomic E-state index is 0.148. The number of carbonyl (C=O) groups is 1. The van der Waals surface area contributed by atoms with Gasteiger partial charge in [-0.05, 0) is 45.4 Å². The molecule has 3 nitrogen and oxygen atoms in total. The summed E-state index contributed by atoms with van der Waals surface area (Å²) in [6, 6.07) is 0.479. The smallest absolute Gasteiger partial charge is 0.320 e. The van der Waals surface area contributed by atoms with E-state index in [2.05, 4.69) is 19.2 Å². The van der Waals surface area contributed by atoms with E-state index in [1.54, 1.807) is 0 Å². The molecule has 1 fully saturated rings. The van der Waals surface area contributed by atoms with E-state index in [9.17, 15) is 4.79 Å². The Morgan fingerprint density at radius 3 is 2.47 bits per heavy atom. The van der Waals surface area contributed by atoms with E-state index in [-0.39, 0.29) is 11.6 Å². The molecule has 0 heterocycles. The molecule has 3 heteroatoms. The normalized spacial score (nSPS) is 29.4. The molecule has 100 valence electrons. The first kappa shape index (κ1) is 14.5. The van der Waals surface area contributed by atoms with Gasteiger partial charge < -0.3 is 10.1 Å². The van der Waals surface area contributed by atoms with Crippen molar-refractivity contribution >= 4 is 5.97 Å². The first-order valence-electron chi connectivity index (χ1n) is 6.78. The zero-order valence-corrected chi connectivity index (χ0v) is 11.9. The Labute approximate surface area is 105 Å². The first-order valence-corrected chi connectivity index (χ1v) is 6.78. The summed E-state index contributed by atoms with van der Waals surface area (Å²) in [5.41, 5.74) is -0.383. The van der Waals surface area contributed by atoms with Crippen LogP contribution < -0.4 is 5.32 Å². The monoisotopic (exact) mass is 241 g/mol. The second kappa shape index (κ2) is 5.85. The Morgan fingerprint density at radius 1 is 1.35 bits per heavy atom. The van der Waals surface area contributed by atoms with Gasteiger partial charge in [0.25, 0.3) is 0 Å². The molecule has 1 rings (SSSR count). The zero-order valence-electron chi connectivity index (χ0n) is 11.9. The number of esters is 1. The topological polar surface area (TPSA) is 38.3 Å². The van der Waals surface area contributed by atoms with Crippen molar-refractivity contribution in [2.45, 2.75) is 65.5 Å². The van der Waals surface area contributed by atoms with Crippen LogP contribution in [-0.2, 0) is 9.53 Å². The summed E-state index contributed by atoms with van der Waals surface area (Å²) in [7, 11) is 0. The maximum absolute atomic E-state index is 11.6. The molecule has 1 aliphatic carbocycles. The Bertz CT molecular complexity index is 257. The van der Waals surface area contributed by atoms with Gasteiger partial charge in [0, 0.05) is 6.04 Å². The van der Waals surface area contributed by atoms with Crippen LogP contribution in [0.3, 0.4) is 0 Å². The maximum atomic E-state index is 11.6. The van der Waals surface area contributed by atoms with Crippen molar-refractivity contribution in [3.63, 3.8) is 0 Å². The van der Waals surface area contributed by atoms with E-state index in [0.29, 0.717) is 18.5 Å². The SMILES string of the molecule is CCC1CCC(NCC(=O)OC(C)(C)C)C1C. The van der Waals surface area contributed by atoms with Crippen molar-refractivity contribution in [2.75, 3.05) is 6.54 Å². The largest absolute Gasteiger partial charge is 0.459 e. The summed E-state index contributed by atoms with van der Waals surface area (Å²) in [4.78, 5) is 11.6. The lowest BCUT2D eigenvalue weighted by molar-refractivity contribution is -0.153. The van der Waals surface area contributed by atoms with E-state index in [0.717, 1.165) is 5.92 Å². The summed E-state index contributed by atoms with van der Waals surface area (Å²) in [5.74, 6) is 1.33. The third-order valence-corrected chi connectivity index (χ3v) is 3.68. The fraction of sp³-hybridized carbons (Fsp3) is 0.929. The van der Waals surface area contributed by atoms with Crippen LogP contribution in [0.5, 0.6) is 0 Å². The molecular weight excluding hydrogens is 214 g/mol. The van der Waals surface area contributed by atoms with Crippen molar-refractivity contribution in [1.29, 1.82) is 0 Å². The quantitative estimate of drug-likeness (QED) is 0.769. The second-order valence-corrected chi connectivity index (χ2v) is 6.18. The zero-order chi connectivity index (χ0) is 13.1. The highest BCUT2D eigenvalue weighted by Gasteiger charge is 2.31. The van der Waals surface area contributed by atoms with Crippen LogP contribution in [0, 0.1) is 11.8 Å². The highest BCUT2D eigenvalue weighted by Crippen LogP contribution is 2.33. The maximum Gasteiger partial charge on any atom is 0.320 e. The second-order valence-electron chi connectivity index (χ2n) is 6.18. The van der Waals surface area contributed by atoms with E-state index in [4.69, 9.17) is 4.74 Å². The molecule has 0 amide bonds. The lowest BCUT2D eigenvalue weighted by atomic mass is 9.93. The average Bonchev–Trinajstić information content (AvgIpc) is 2.54. The van der Waals surface area contributed by atoms with Crippen LogP contribution in [0.25, 0.3) is 0 Å². The molecule has 17 heavy (non-hydrogen) atoms. The number of ether oxygens (including phenoxy) is 1. The molecule has 1 N–H and O–H groups in total. The van der Waals surface area contributed by atoms with Gasteiger partial charge in [-0.3, -0.25) is 4.79 Å². The Morgan fingerprint density at radius 2 is 2.00 bits per heavy atom.